The Bertz CT molecular complexity index is 1810. The van der Waals surface area contributed by atoms with Gasteiger partial charge in [0.2, 0.25) is 11.8 Å². The van der Waals surface area contributed by atoms with E-state index in [9.17, 15) is 32.3 Å². The lowest BCUT2D eigenvalue weighted by molar-refractivity contribution is -0.151. The third-order valence-electron chi connectivity index (χ3n) is 7.45. The van der Waals surface area contributed by atoms with Gasteiger partial charge in [0.15, 0.2) is 23.0 Å². The molecule has 0 aliphatic heterocycles. The molecule has 53 heavy (non-hydrogen) atoms. The minimum absolute atomic E-state index is 0.0472. The Kier molecular flexibility index (Phi) is 13.0. The van der Waals surface area contributed by atoms with Crippen molar-refractivity contribution in [3.63, 3.8) is 0 Å². The molecule has 4 rings (SSSR count). The highest BCUT2D eigenvalue weighted by Gasteiger charge is 2.34. The zero-order chi connectivity index (χ0) is 39.2. The van der Waals surface area contributed by atoms with E-state index in [-0.39, 0.29) is 41.2 Å². The Morgan fingerprint density at radius 3 is 2.25 bits per heavy atom. The maximum Gasteiger partial charge on any atom is 0.408 e. The number of nitrogens with zero attached hydrogens (tertiary/aromatic N) is 1. The number of hydrogen-bond donors (Lipinski definition) is 3. The number of alkyl halides is 2. The van der Waals surface area contributed by atoms with Gasteiger partial charge in [-0.05, 0) is 91.5 Å². The van der Waals surface area contributed by atoms with Crippen LogP contribution < -0.4 is 25.4 Å². The first-order valence-corrected chi connectivity index (χ1v) is 16.8. The van der Waals surface area contributed by atoms with Gasteiger partial charge in [-0.2, -0.15) is 8.78 Å². The summed E-state index contributed by atoms with van der Waals surface area (Å²) in [7, 11) is 0. The van der Waals surface area contributed by atoms with Gasteiger partial charge in [0.05, 0.1) is 18.8 Å². The zero-order valence-electron chi connectivity index (χ0n) is 30.2. The molecule has 1 aliphatic rings. The fraction of sp³-hybridized carbons (Fsp3) is 0.472. The minimum atomic E-state index is -3.15. The van der Waals surface area contributed by atoms with E-state index < -0.39 is 83.2 Å². The van der Waals surface area contributed by atoms with Crippen LogP contribution in [0.5, 0.6) is 11.5 Å². The summed E-state index contributed by atoms with van der Waals surface area (Å²) in [5.41, 5.74) is -1.68. The summed E-state index contributed by atoms with van der Waals surface area (Å²) in [6, 6.07) is 1.98. The summed E-state index contributed by atoms with van der Waals surface area (Å²) in [6.07, 6.45) is 0.427. The molecule has 2 aromatic carbocycles. The van der Waals surface area contributed by atoms with Crippen molar-refractivity contribution in [2.24, 2.45) is 5.92 Å². The van der Waals surface area contributed by atoms with E-state index in [1.165, 1.54) is 32.0 Å². The van der Waals surface area contributed by atoms with Gasteiger partial charge in [-0.1, -0.05) is 6.07 Å². The fourth-order valence-corrected chi connectivity index (χ4v) is 4.81. The largest absolute Gasteiger partial charge is 0.489 e. The van der Waals surface area contributed by atoms with Crippen LogP contribution in [0.3, 0.4) is 0 Å². The van der Waals surface area contributed by atoms with Crippen LogP contribution in [0.2, 0.25) is 0 Å². The second-order valence-electron chi connectivity index (χ2n) is 13.7. The third-order valence-corrected chi connectivity index (χ3v) is 7.45. The van der Waals surface area contributed by atoms with E-state index >= 15 is 4.39 Å². The van der Waals surface area contributed by atoms with Gasteiger partial charge >= 0.3 is 18.7 Å². The number of rotatable bonds is 15. The van der Waals surface area contributed by atoms with Crippen molar-refractivity contribution in [2.45, 2.75) is 97.7 Å². The SMILES string of the molecule is CC(C)OC(=O)C(C)NC(=O)C(NC(=O)c1nc(-c2ccc(OC(F)F)c(OCC3CC3)c2)oc1C(C)NC(=O)OC(C)(C)C)c1ccc(F)cc1F. The Labute approximate surface area is 303 Å². The van der Waals surface area contributed by atoms with Crippen LogP contribution in [-0.4, -0.2) is 59.8 Å². The Morgan fingerprint density at radius 2 is 1.64 bits per heavy atom. The number of benzene rings is 2. The number of amides is 3. The lowest BCUT2D eigenvalue weighted by Gasteiger charge is -2.23. The molecule has 288 valence electrons. The minimum Gasteiger partial charge on any atom is -0.489 e. The van der Waals surface area contributed by atoms with Crippen molar-refractivity contribution in [1.82, 2.24) is 20.9 Å². The van der Waals surface area contributed by atoms with Crippen molar-refractivity contribution in [3.05, 3.63) is 65.1 Å². The van der Waals surface area contributed by atoms with E-state index in [1.807, 2.05) is 0 Å². The van der Waals surface area contributed by atoms with Crippen LogP contribution in [0.4, 0.5) is 22.4 Å². The van der Waals surface area contributed by atoms with Gasteiger partial charge < -0.3 is 39.3 Å². The van der Waals surface area contributed by atoms with Crippen LogP contribution in [-0.2, 0) is 19.1 Å². The molecule has 1 heterocycles. The third kappa shape index (κ3) is 11.6. The average molecular weight is 751 g/mol. The number of hydrogen-bond acceptors (Lipinski definition) is 10. The van der Waals surface area contributed by atoms with E-state index in [2.05, 4.69) is 25.7 Å². The number of alkyl carbamates (subject to hydrolysis) is 1. The van der Waals surface area contributed by atoms with Crippen molar-refractivity contribution >= 4 is 23.9 Å². The predicted molar refractivity (Wildman–Crippen MR) is 180 cm³/mol. The van der Waals surface area contributed by atoms with Gasteiger partial charge in [0.25, 0.3) is 5.91 Å². The number of nitrogens with one attached hydrogen (secondary N) is 3. The van der Waals surface area contributed by atoms with Gasteiger partial charge in [-0.15, -0.1) is 0 Å². The number of carbonyl (C=O) groups is 4. The molecule has 1 aliphatic carbocycles. The van der Waals surface area contributed by atoms with Crippen LogP contribution in [0.1, 0.15) is 95.2 Å². The van der Waals surface area contributed by atoms with Crippen LogP contribution >= 0.6 is 0 Å². The number of oxazole rings is 1. The molecule has 3 N–H and O–H groups in total. The molecule has 0 bridgehead atoms. The predicted octanol–water partition coefficient (Wildman–Crippen LogP) is 6.52. The second kappa shape index (κ2) is 17.0. The standard InChI is InChI=1S/C36H42F4N4O9/c1-17(2)50-33(47)19(4)41-30(45)27(23-12-11-22(37)15-24(23)38)43-31(46)28-29(18(3)42-35(48)53-36(5,6)7)52-32(44-28)21-10-13-25(51-34(39)40)26(14-21)49-16-20-8-9-20/h10-15,17-20,27,34H,8-9,16H2,1-7H3,(H,41,45)(H,42,48)(H,43,46). The van der Waals surface area contributed by atoms with Crippen LogP contribution in [0.25, 0.3) is 11.5 Å². The quantitative estimate of drug-likeness (QED) is 0.115. The molecule has 17 heteroatoms. The molecule has 13 nitrogen and oxygen atoms in total. The number of halogens is 4. The molecule has 3 aromatic rings. The topological polar surface area (TPSA) is 167 Å². The lowest BCUT2D eigenvalue weighted by Crippen LogP contribution is -2.47. The first-order chi connectivity index (χ1) is 24.8. The van der Waals surface area contributed by atoms with E-state index in [1.54, 1.807) is 34.6 Å². The highest BCUT2D eigenvalue weighted by Crippen LogP contribution is 2.37. The zero-order valence-corrected chi connectivity index (χ0v) is 30.2. The molecular weight excluding hydrogens is 708 g/mol. The van der Waals surface area contributed by atoms with E-state index in [0.717, 1.165) is 25.0 Å². The van der Waals surface area contributed by atoms with Crippen molar-refractivity contribution in [3.8, 4) is 23.0 Å². The fourth-order valence-electron chi connectivity index (χ4n) is 4.81. The summed E-state index contributed by atoms with van der Waals surface area (Å²) < 4.78 is 82.1. The average Bonchev–Trinajstić information content (AvgIpc) is 3.76. The summed E-state index contributed by atoms with van der Waals surface area (Å²) in [4.78, 5) is 57.0. The highest BCUT2D eigenvalue weighted by atomic mass is 19.3. The molecule has 3 atom stereocenters. The first-order valence-electron chi connectivity index (χ1n) is 16.8. The van der Waals surface area contributed by atoms with Gasteiger partial charge in [-0.3, -0.25) is 9.59 Å². The molecule has 0 spiro atoms. The Morgan fingerprint density at radius 1 is 0.943 bits per heavy atom. The van der Waals surface area contributed by atoms with Crippen molar-refractivity contribution in [1.29, 1.82) is 0 Å². The maximum absolute atomic E-state index is 15.1. The number of esters is 1. The van der Waals surface area contributed by atoms with Gasteiger partial charge in [0.1, 0.15) is 29.3 Å². The molecule has 3 unspecified atom stereocenters. The molecule has 1 fully saturated rings. The number of ether oxygens (including phenoxy) is 4. The van der Waals surface area contributed by atoms with Crippen LogP contribution in [0.15, 0.2) is 40.8 Å². The molecule has 1 aromatic heterocycles. The summed E-state index contributed by atoms with van der Waals surface area (Å²) in [6.45, 7) is 7.95. The summed E-state index contributed by atoms with van der Waals surface area (Å²) in [5, 5.41) is 7.27. The molecular formula is C36H42F4N4O9. The monoisotopic (exact) mass is 750 g/mol. The van der Waals surface area contributed by atoms with E-state index in [0.29, 0.717) is 6.07 Å². The van der Waals surface area contributed by atoms with E-state index in [4.69, 9.17) is 18.6 Å². The maximum atomic E-state index is 15.1. The van der Waals surface area contributed by atoms with Crippen LogP contribution in [0, 0.1) is 17.6 Å². The van der Waals surface area contributed by atoms with Gasteiger partial charge in [0, 0.05) is 17.2 Å². The normalized spacial score (nSPS) is 14.6. The smallest absolute Gasteiger partial charge is 0.408 e. The van der Waals surface area contributed by atoms with Gasteiger partial charge in [-0.25, -0.2) is 23.4 Å². The Balaban J connectivity index is 1.74. The molecule has 3 amide bonds. The summed E-state index contributed by atoms with van der Waals surface area (Å²) in [5.74, 6) is -5.66. The molecule has 1 saturated carbocycles. The molecule has 0 radical (unpaired) electrons. The first kappa shape index (κ1) is 40.4. The van der Waals surface area contributed by atoms with Crippen molar-refractivity contribution < 1.29 is 60.1 Å². The summed E-state index contributed by atoms with van der Waals surface area (Å²) >= 11 is 0. The second-order valence-corrected chi connectivity index (χ2v) is 13.7. The number of carbonyl (C=O) groups excluding carboxylic acids is 4. The number of aromatic nitrogens is 1. The lowest BCUT2D eigenvalue weighted by atomic mass is 10.0. The molecule has 0 saturated heterocycles. The highest BCUT2D eigenvalue weighted by molar-refractivity contribution is 5.98. The van der Waals surface area contributed by atoms with Crippen molar-refractivity contribution in [2.75, 3.05) is 6.61 Å². The Hall–Kier alpha value is -5.35.